The Balaban J connectivity index is 1.86. The number of aromatic amines is 1. The average Bonchev–Trinajstić information content (AvgIpc) is 3.13. The van der Waals surface area contributed by atoms with Gasteiger partial charge in [-0.2, -0.15) is 8.75 Å². The van der Waals surface area contributed by atoms with Gasteiger partial charge >= 0.3 is 5.69 Å². The Morgan fingerprint density at radius 1 is 1.14 bits per heavy atom. The molecule has 0 saturated heterocycles. The smallest absolute Gasteiger partial charge is 0.335 e. The molecule has 0 spiro atoms. The second kappa shape index (κ2) is 6.86. The molecule has 0 bridgehead atoms. The molecule has 4 aromatic rings. The van der Waals surface area contributed by atoms with E-state index in [4.69, 9.17) is 0 Å². The molecular weight excluding hydrogens is 378 g/mol. The number of hydrogen-bond acceptors (Lipinski definition) is 7. The van der Waals surface area contributed by atoms with Crippen LogP contribution in [0.5, 0.6) is 5.88 Å². The lowest BCUT2D eigenvalue weighted by molar-refractivity contribution is 0.430. The van der Waals surface area contributed by atoms with Crippen molar-refractivity contribution in [2.24, 2.45) is 4.99 Å². The lowest BCUT2D eigenvalue weighted by Crippen LogP contribution is -2.31. The van der Waals surface area contributed by atoms with E-state index in [2.05, 4.69) is 18.7 Å². The molecule has 0 unspecified atom stereocenters. The zero-order valence-electron chi connectivity index (χ0n) is 15.0. The lowest BCUT2D eigenvalue weighted by Gasteiger charge is -2.11. The summed E-state index contributed by atoms with van der Waals surface area (Å²) in [5, 5.41) is 10.6. The summed E-state index contributed by atoms with van der Waals surface area (Å²) in [5.41, 5.74) is 2.67. The number of aromatic hydroxyl groups is 1. The topological polar surface area (TPSA) is 113 Å². The van der Waals surface area contributed by atoms with Gasteiger partial charge in [0.1, 0.15) is 16.6 Å². The Hall–Kier alpha value is -3.59. The number of nitrogens with zero attached hydrogens (tertiary/aromatic N) is 4. The van der Waals surface area contributed by atoms with Gasteiger partial charge in [0.15, 0.2) is 0 Å². The van der Waals surface area contributed by atoms with Crippen molar-refractivity contribution in [3.05, 3.63) is 73.9 Å². The van der Waals surface area contributed by atoms with Crippen LogP contribution in [0.25, 0.3) is 16.7 Å². The third kappa shape index (κ3) is 3.01. The molecule has 0 atom stereocenters. The van der Waals surface area contributed by atoms with Crippen molar-refractivity contribution < 1.29 is 5.11 Å². The Morgan fingerprint density at radius 2 is 1.96 bits per heavy atom. The highest BCUT2D eigenvalue weighted by Gasteiger charge is 2.15. The highest BCUT2D eigenvalue weighted by atomic mass is 32.1. The van der Waals surface area contributed by atoms with Crippen LogP contribution in [0.3, 0.4) is 0 Å². The first-order valence-electron chi connectivity index (χ1n) is 8.37. The van der Waals surface area contributed by atoms with E-state index in [9.17, 15) is 14.7 Å². The van der Waals surface area contributed by atoms with Gasteiger partial charge in [-0.05, 0) is 49.2 Å². The maximum atomic E-state index is 12.3. The van der Waals surface area contributed by atoms with Crippen molar-refractivity contribution in [2.75, 3.05) is 0 Å². The number of fused-ring (bicyclic) bond motifs is 1. The zero-order chi connectivity index (χ0) is 19.8. The van der Waals surface area contributed by atoms with Crippen molar-refractivity contribution in [2.45, 2.75) is 13.8 Å². The Bertz CT molecular complexity index is 1350. The highest BCUT2D eigenvalue weighted by Crippen LogP contribution is 2.24. The van der Waals surface area contributed by atoms with Crippen LogP contribution in [-0.4, -0.2) is 29.6 Å². The van der Waals surface area contributed by atoms with E-state index in [0.29, 0.717) is 22.4 Å². The standard InChI is InChI=1S/C19H15N5O3S/c1-10-6-7-12(8-11(10)2)24-18(26)13(17(25)21-19(24)27)9-20-14-4-3-5-15-16(14)23-28-22-15/h3-9,26H,1-2H3,(H,21,25,27). The molecule has 2 N–H and O–H groups in total. The minimum absolute atomic E-state index is 0.127. The van der Waals surface area contributed by atoms with E-state index < -0.39 is 17.1 Å². The van der Waals surface area contributed by atoms with Crippen LogP contribution in [0.4, 0.5) is 5.69 Å². The third-order valence-corrected chi connectivity index (χ3v) is 5.01. The quantitative estimate of drug-likeness (QED) is 0.520. The van der Waals surface area contributed by atoms with Crippen LogP contribution in [0.1, 0.15) is 16.7 Å². The second-order valence-corrected chi connectivity index (χ2v) is 6.80. The normalized spacial score (nSPS) is 11.5. The van der Waals surface area contributed by atoms with Crippen molar-refractivity contribution >= 4 is 34.7 Å². The van der Waals surface area contributed by atoms with E-state index >= 15 is 0 Å². The predicted octanol–water partition coefficient (Wildman–Crippen LogP) is 2.60. The molecule has 140 valence electrons. The van der Waals surface area contributed by atoms with E-state index in [1.807, 2.05) is 26.0 Å². The third-order valence-electron chi connectivity index (χ3n) is 4.47. The molecule has 0 fully saturated rings. The molecule has 0 amide bonds. The summed E-state index contributed by atoms with van der Waals surface area (Å²) in [4.78, 5) is 31.1. The molecule has 0 saturated carbocycles. The number of H-pyrrole nitrogens is 1. The summed E-state index contributed by atoms with van der Waals surface area (Å²) in [6, 6.07) is 10.6. The van der Waals surface area contributed by atoms with Crippen LogP contribution < -0.4 is 11.2 Å². The Morgan fingerprint density at radius 3 is 2.75 bits per heavy atom. The molecular formula is C19H15N5O3S. The van der Waals surface area contributed by atoms with Crippen LogP contribution in [0.15, 0.2) is 51.0 Å². The molecule has 0 aliphatic heterocycles. The van der Waals surface area contributed by atoms with E-state index in [0.717, 1.165) is 27.4 Å². The second-order valence-electron chi connectivity index (χ2n) is 6.27. The largest absolute Gasteiger partial charge is 0.493 e. The van der Waals surface area contributed by atoms with Gasteiger partial charge in [0, 0.05) is 6.21 Å². The molecule has 2 aromatic heterocycles. The molecule has 8 nitrogen and oxygen atoms in total. The summed E-state index contributed by atoms with van der Waals surface area (Å²) >= 11 is 1.06. The van der Waals surface area contributed by atoms with Crippen molar-refractivity contribution in [3.8, 4) is 11.6 Å². The van der Waals surface area contributed by atoms with E-state index in [1.54, 1.807) is 24.3 Å². The molecule has 2 aromatic carbocycles. The molecule has 9 heteroatoms. The Kier molecular flexibility index (Phi) is 4.36. The first-order valence-corrected chi connectivity index (χ1v) is 9.10. The molecule has 2 heterocycles. The van der Waals surface area contributed by atoms with Gasteiger partial charge in [0.2, 0.25) is 5.88 Å². The SMILES string of the molecule is Cc1ccc(-n2c(O)c(C=Nc3cccc4nsnc34)c(=O)[nH]c2=O)cc1C. The predicted molar refractivity (Wildman–Crippen MR) is 108 cm³/mol. The van der Waals surface area contributed by atoms with Gasteiger partial charge in [0.05, 0.1) is 23.1 Å². The van der Waals surface area contributed by atoms with Gasteiger partial charge in [-0.3, -0.25) is 14.8 Å². The average molecular weight is 393 g/mol. The summed E-state index contributed by atoms with van der Waals surface area (Å²) in [6.07, 6.45) is 1.22. The number of benzene rings is 2. The minimum atomic E-state index is -0.728. The fourth-order valence-electron chi connectivity index (χ4n) is 2.79. The maximum Gasteiger partial charge on any atom is 0.335 e. The number of aromatic nitrogens is 4. The molecule has 4 rings (SSSR count). The summed E-state index contributed by atoms with van der Waals surface area (Å²) in [5.74, 6) is -0.482. The molecule has 0 radical (unpaired) electrons. The van der Waals surface area contributed by atoms with Crippen molar-refractivity contribution in [1.82, 2.24) is 18.3 Å². The van der Waals surface area contributed by atoms with Crippen molar-refractivity contribution in [1.29, 1.82) is 0 Å². The lowest BCUT2D eigenvalue weighted by atomic mass is 10.1. The first-order chi connectivity index (χ1) is 13.5. The van der Waals surface area contributed by atoms with Crippen LogP contribution in [-0.2, 0) is 0 Å². The summed E-state index contributed by atoms with van der Waals surface area (Å²) < 4.78 is 9.37. The minimum Gasteiger partial charge on any atom is -0.493 e. The zero-order valence-corrected chi connectivity index (χ0v) is 15.8. The summed E-state index contributed by atoms with van der Waals surface area (Å²) in [7, 11) is 0. The van der Waals surface area contributed by atoms with Crippen LogP contribution in [0, 0.1) is 13.8 Å². The monoisotopic (exact) mass is 393 g/mol. The molecule has 0 aliphatic carbocycles. The Labute approximate surface area is 162 Å². The maximum absolute atomic E-state index is 12.3. The van der Waals surface area contributed by atoms with Gasteiger partial charge in [-0.15, -0.1) is 0 Å². The van der Waals surface area contributed by atoms with Crippen LogP contribution >= 0.6 is 11.7 Å². The van der Waals surface area contributed by atoms with Crippen molar-refractivity contribution in [3.63, 3.8) is 0 Å². The number of nitrogens with one attached hydrogen (secondary N) is 1. The number of aryl methyl sites for hydroxylation is 2. The van der Waals surface area contributed by atoms with E-state index in [-0.39, 0.29) is 5.56 Å². The van der Waals surface area contributed by atoms with Gasteiger partial charge in [-0.25, -0.2) is 9.36 Å². The van der Waals surface area contributed by atoms with Crippen LogP contribution in [0.2, 0.25) is 0 Å². The number of hydrogen-bond donors (Lipinski definition) is 2. The fourth-order valence-corrected chi connectivity index (χ4v) is 3.33. The number of aliphatic imine (C=N–C) groups is 1. The number of rotatable bonds is 3. The molecule has 0 aliphatic rings. The van der Waals surface area contributed by atoms with Gasteiger partial charge in [-0.1, -0.05) is 12.1 Å². The fraction of sp³-hybridized carbons (Fsp3) is 0.105. The molecule has 28 heavy (non-hydrogen) atoms. The van der Waals surface area contributed by atoms with Gasteiger partial charge < -0.3 is 5.11 Å². The first kappa shape index (κ1) is 17.8. The van der Waals surface area contributed by atoms with E-state index in [1.165, 1.54) is 6.21 Å². The highest BCUT2D eigenvalue weighted by molar-refractivity contribution is 7.00. The van der Waals surface area contributed by atoms with Gasteiger partial charge in [0.25, 0.3) is 5.56 Å². The summed E-state index contributed by atoms with van der Waals surface area (Å²) in [6.45, 7) is 3.85.